The van der Waals surface area contributed by atoms with Crippen LogP contribution in [0.1, 0.15) is 35.7 Å². The van der Waals surface area contributed by atoms with Gasteiger partial charge >= 0.3 is 6.03 Å². The molecule has 1 N–H and O–H groups in total. The summed E-state index contributed by atoms with van der Waals surface area (Å²) in [5, 5.41) is 13.8. The first-order valence-corrected chi connectivity index (χ1v) is 9.37. The van der Waals surface area contributed by atoms with Crippen LogP contribution in [0, 0.1) is 24.2 Å². The molecule has 1 aromatic carbocycles. The molecule has 0 atom stereocenters. The highest BCUT2D eigenvalue weighted by atomic mass is 32.1. The number of aromatic nitrogens is 1. The maximum absolute atomic E-state index is 12.7. The second-order valence-corrected chi connectivity index (χ2v) is 7.53. The third kappa shape index (κ3) is 5.17. The predicted octanol–water partition coefficient (Wildman–Crippen LogP) is 4.42. The van der Waals surface area contributed by atoms with Gasteiger partial charge in [-0.3, -0.25) is 4.90 Å². The molecule has 1 heterocycles. The molecule has 6 heteroatoms. The molecule has 2 amide bonds. The van der Waals surface area contributed by atoms with Gasteiger partial charge in [0.1, 0.15) is 5.00 Å². The van der Waals surface area contributed by atoms with Crippen molar-refractivity contribution in [2.45, 2.75) is 33.7 Å². The van der Waals surface area contributed by atoms with E-state index in [0.29, 0.717) is 24.6 Å². The lowest BCUT2D eigenvalue weighted by Crippen LogP contribution is -2.39. The topological polar surface area (TPSA) is 69.0 Å². The number of thiazole rings is 1. The molecular weight excluding hydrogens is 344 g/mol. The first kappa shape index (κ1) is 19.7. The molecule has 0 bridgehead atoms. The van der Waals surface area contributed by atoms with E-state index >= 15 is 0 Å². The molecule has 0 fully saturated rings. The number of carbonyl (C=O) groups is 1. The van der Waals surface area contributed by atoms with Crippen LogP contribution >= 0.6 is 11.3 Å². The van der Waals surface area contributed by atoms with Gasteiger partial charge in [0.05, 0.1) is 28.9 Å². The maximum Gasteiger partial charge on any atom is 0.323 e. The van der Waals surface area contributed by atoms with Crippen molar-refractivity contribution in [2.24, 2.45) is 5.92 Å². The van der Waals surface area contributed by atoms with Crippen LogP contribution in [0.15, 0.2) is 36.9 Å². The van der Waals surface area contributed by atoms with Crippen LogP contribution in [0.5, 0.6) is 0 Å². The van der Waals surface area contributed by atoms with Gasteiger partial charge in [0.2, 0.25) is 0 Å². The fourth-order valence-electron chi connectivity index (χ4n) is 2.54. The van der Waals surface area contributed by atoms with Gasteiger partial charge in [-0.1, -0.05) is 32.1 Å². The number of benzene rings is 1. The summed E-state index contributed by atoms with van der Waals surface area (Å²) in [6, 6.07) is 9.25. The van der Waals surface area contributed by atoms with Crippen LogP contribution in [0.25, 0.3) is 0 Å². The number of aryl methyl sites for hydroxylation is 1. The highest BCUT2D eigenvalue weighted by Gasteiger charge is 2.22. The molecule has 0 aliphatic carbocycles. The number of amides is 2. The Labute approximate surface area is 159 Å². The highest BCUT2D eigenvalue weighted by Crippen LogP contribution is 2.31. The monoisotopic (exact) mass is 368 g/mol. The molecule has 0 aliphatic rings. The molecule has 0 aliphatic heterocycles. The van der Waals surface area contributed by atoms with E-state index in [0.717, 1.165) is 27.7 Å². The van der Waals surface area contributed by atoms with Crippen molar-refractivity contribution in [3.05, 3.63) is 58.7 Å². The van der Waals surface area contributed by atoms with Gasteiger partial charge in [0.15, 0.2) is 0 Å². The second kappa shape index (κ2) is 9.16. The highest BCUT2D eigenvalue weighted by molar-refractivity contribution is 7.16. The summed E-state index contributed by atoms with van der Waals surface area (Å²) in [7, 11) is 0. The van der Waals surface area contributed by atoms with Crippen molar-refractivity contribution in [3.63, 3.8) is 0 Å². The summed E-state index contributed by atoms with van der Waals surface area (Å²) in [5.41, 5.74) is 2.32. The molecule has 136 valence electrons. The maximum atomic E-state index is 12.7. The van der Waals surface area contributed by atoms with E-state index in [4.69, 9.17) is 5.26 Å². The minimum absolute atomic E-state index is 0.199. The summed E-state index contributed by atoms with van der Waals surface area (Å²) in [6.07, 6.45) is 2.54. The van der Waals surface area contributed by atoms with E-state index < -0.39 is 0 Å². The van der Waals surface area contributed by atoms with Gasteiger partial charge in [0, 0.05) is 13.0 Å². The van der Waals surface area contributed by atoms with Crippen molar-refractivity contribution in [1.82, 2.24) is 10.3 Å². The molecule has 0 spiro atoms. The second-order valence-electron chi connectivity index (χ2n) is 6.47. The van der Waals surface area contributed by atoms with Gasteiger partial charge in [-0.15, -0.1) is 17.9 Å². The van der Waals surface area contributed by atoms with Crippen molar-refractivity contribution in [1.29, 1.82) is 5.26 Å². The third-order valence-electron chi connectivity index (χ3n) is 3.68. The van der Waals surface area contributed by atoms with Gasteiger partial charge in [-0.05, 0) is 30.5 Å². The summed E-state index contributed by atoms with van der Waals surface area (Å²) >= 11 is 1.55. The van der Waals surface area contributed by atoms with Crippen LogP contribution in [0.3, 0.4) is 0 Å². The van der Waals surface area contributed by atoms with E-state index in [1.807, 2.05) is 19.1 Å². The molecule has 0 radical (unpaired) electrons. The van der Waals surface area contributed by atoms with Crippen LogP contribution in [-0.4, -0.2) is 17.6 Å². The van der Waals surface area contributed by atoms with Crippen LogP contribution in [-0.2, 0) is 13.0 Å². The molecule has 0 unspecified atom stereocenters. The Hall–Kier alpha value is -2.65. The largest absolute Gasteiger partial charge is 0.334 e. The third-order valence-corrected chi connectivity index (χ3v) is 4.89. The van der Waals surface area contributed by atoms with E-state index in [1.54, 1.807) is 34.4 Å². The average Bonchev–Trinajstić information content (AvgIpc) is 2.96. The molecule has 0 saturated carbocycles. The minimum Gasteiger partial charge on any atom is -0.334 e. The zero-order valence-corrected chi connectivity index (χ0v) is 16.3. The predicted molar refractivity (Wildman–Crippen MR) is 106 cm³/mol. The Morgan fingerprint density at radius 1 is 1.50 bits per heavy atom. The smallest absolute Gasteiger partial charge is 0.323 e. The molecule has 2 rings (SSSR count). The molecule has 2 aromatic rings. The Kier molecular flexibility index (Phi) is 6.93. The Morgan fingerprint density at radius 2 is 2.27 bits per heavy atom. The fraction of sp³-hybridized carbons (Fsp3) is 0.350. The summed E-state index contributed by atoms with van der Waals surface area (Å²) < 4.78 is 0. The normalized spacial score (nSPS) is 10.4. The molecule has 26 heavy (non-hydrogen) atoms. The van der Waals surface area contributed by atoms with Crippen molar-refractivity contribution in [3.8, 4) is 6.07 Å². The number of nitrogens with zero attached hydrogens (tertiary/aromatic N) is 3. The van der Waals surface area contributed by atoms with Crippen LogP contribution < -0.4 is 10.2 Å². The van der Waals surface area contributed by atoms with Gasteiger partial charge in [-0.25, -0.2) is 9.78 Å². The summed E-state index contributed by atoms with van der Waals surface area (Å²) in [4.78, 5) is 19.1. The van der Waals surface area contributed by atoms with Gasteiger partial charge < -0.3 is 5.32 Å². The van der Waals surface area contributed by atoms with E-state index in [2.05, 4.69) is 36.8 Å². The standard InChI is InChI=1S/C20H24N4OS/c1-5-9-22-20(25)24(13-17-8-6-7-16(11-17)12-21)19-15(4)23-18(26-19)10-14(2)3/h5-8,11,14H,1,9-10,13H2,2-4H3,(H,22,25). The molecule has 5 nitrogen and oxygen atoms in total. The molecule has 0 saturated heterocycles. The number of anilines is 1. The number of carbonyl (C=O) groups excluding carboxylic acids is 1. The van der Waals surface area contributed by atoms with E-state index in [-0.39, 0.29) is 6.03 Å². The Balaban J connectivity index is 2.34. The van der Waals surface area contributed by atoms with E-state index in [9.17, 15) is 4.79 Å². The number of nitrogens with one attached hydrogen (secondary N) is 1. The van der Waals surface area contributed by atoms with Crippen molar-refractivity contribution >= 4 is 22.4 Å². The summed E-state index contributed by atoms with van der Waals surface area (Å²) in [5.74, 6) is 0.503. The SMILES string of the molecule is C=CCNC(=O)N(Cc1cccc(C#N)c1)c1sc(CC(C)C)nc1C. The van der Waals surface area contributed by atoms with Crippen LogP contribution in [0.4, 0.5) is 9.80 Å². The number of hydrogen-bond acceptors (Lipinski definition) is 4. The molecular formula is C20H24N4OS. The number of urea groups is 1. The Morgan fingerprint density at radius 3 is 2.92 bits per heavy atom. The zero-order valence-electron chi connectivity index (χ0n) is 15.5. The Bertz CT molecular complexity index is 819. The average molecular weight is 369 g/mol. The lowest BCUT2D eigenvalue weighted by atomic mass is 10.1. The van der Waals surface area contributed by atoms with E-state index in [1.165, 1.54) is 0 Å². The van der Waals surface area contributed by atoms with Gasteiger partial charge in [-0.2, -0.15) is 5.26 Å². The fourth-order valence-corrected chi connectivity index (χ4v) is 3.82. The minimum atomic E-state index is -0.199. The quantitative estimate of drug-likeness (QED) is 0.735. The number of hydrogen-bond donors (Lipinski definition) is 1. The summed E-state index contributed by atoms with van der Waals surface area (Å²) in [6.45, 7) is 10.6. The van der Waals surface area contributed by atoms with Crippen LogP contribution in [0.2, 0.25) is 0 Å². The lowest BCUT2D eigenvalue weighted by molar-refractivity contribution is 0.247. The number of nitriles is 1. The lowest BCUT2D eigenvalue weighted by Gasteiger charge is -2.22. The van der Waals surface area contributed by atoms with Gasteiger partial charge in [0.25, 0.3) is 0 Å². The molecule has 1 aromatic heterocycles. The number of rotatable bonds is 7. The van der Waals surface area contributed by atoms with Crippen molar-refractivity contribution in [2.75, 3.05) is 11.4 Å². The zero-order chi connectivity index (χ0) is 19.1. The first-order chi connectivity index (χ1) is 12.4. The van der Waals surface area contributed by atoms with Crippen molar-refractivity contribution < 1.29 is 4.79 Å². The first-order valence-electron chi connectivity index (χ1n) is 8.56.